The van der Waals surface area contributed by atoms with Crippen LogP contribution >= 0.6 is 0 Å². The first-order valence-electron chi connectivity index (χ1n) is 8.47. The number of H-pyrrole nitrogens is 1. The number of carbonyl (C=O) groups is 1. The Morgan fingerprint density at radius 3 is 2.96 bits per heavy atom. The predicted octanol–water partition coefficient (Wildman–Crippen LogP) is 3.77. The summed E-state index contributed by atoms with van der Waals surface area (Å²) in [6.45, 7) is 0.913. The van der Waals surface area contributed by atoms with E-state index in [1.807, 2.05) is 18.3 Å². The van der Waals surface area contributed by atoms with Crippen LogP contribution in [-0.4, -0.2) is 45.0 Å². The van der Waals surface area contributed by atoms with Gasteiger partial charge in [0.2, 0.25) is 5.91 Å². The summed E-state index contributed by atoms with van der Waals surface area (Å²) in [6, 6.07) is 3.88. The lowest BCUT2D eigenvalue weighted by molar-refractivity contribution is -0.148. The number of halogens is 3. The first-order valence-corrected chi connectivity index (χ1v) is 8.47. The highest BCUT2D eigenvalue weighted by Crippen LogP contribution is 2.35. The standard InChI is InChI=1S/C18H17F3N4O/c19-18(20,21)5-1-15(26)25-8-4-11(10-25)12-2-6-22-14-9-24-17-13(16(12)14)3-7-23-17/h2-3,6-7,9,11H,1,4-5,8,10H2,(H,23,24). The van der Waals surface area contributed by atoms with E-state index < -0.39 is 24.9 Å². The van der Waals surface area contributed by atoms with Gasteiger partial charge in [-0.25, -0.2) is 4.98 Å². The third-order valence-corrected chi connectivity index (χ3v) is 4.93. The molecule has 3 aromatic heterocycles. The summed E-state index contributed by atoms with van der Waals surface area (Å²) in [5.41, 5.74) is 2.60. The number of aromatic amines is 1. The zero-order chi connectivity index (χ0) is 18.3. The molecule has 1 amide bonds. The Balaban J connectivity index is 1.59. The molecule has 5 nitrogen and oxygen atoms in total. The van der Waals surface area contributed by atoms with E-state index in [4.69, 9.17) is 0 Å². The summed E-state index contributed by atoms with van der Waals surface area (Å²) in [7, 11) is 0. The van der Waals surface area contributed by atoms with Crippen LogP contribution in [0.1, 0.15) is 30.7 Å². The van der Waals surface area contributed by atoms with Gasteiger partial charge in [-0.15, -0.1) is 0 Å². The van der Waals surface area contributed by atoms with Gasteiger partial charge in [-0.3, -0.25) is 9.78 Å². The van der Waals surface area contributed by atoms with Crippen LogP contribution in [0.2, 0.25) is 0 Å². The van der Waals surface area contributed by atoms with Crippen LogP contribution in [0.25, 0.3) is 21.9 Å². The number of hydrogen-bond donors (Lipinski definition) is 1. The number of fused-ring (bicyclic) bond motifs is 3. The van der Waals surface area contributed by atoms with E-state index >= 15 is 0 Å². The van der Waals surface area contributed by atoms with Crippen LogP contribution in [-0.2, 0) is 4.79 Å². The average molecular weight is 362 g/mol. The van der Waals surface area contributed by atoms with E-state index in [0.29, 0.717) is 13.1 Å². The summed E-state index contributed by atoms with van der Waals surface area (Å²) >= 11 is 0. The van der Waals surface area contributed by atoms with Crippen molar-refractivity contribution in [1.82, 2.24) is 19.9 Å². The molecule has 0 saturated carbocycles. The Morgan fingerprint density at radius 2 is 2.15 bits per heavy atom. The molecule has 8 heteroatoms. The Morgan fingerprint density at radius 1 is 1.31 bits per heavy atom. The van der Waals surface area contributed by atoms with Gasteiger partial charge in [-0.1, -0.05) is 0 Å². The number of rotatable bonds is 3. The first kappa shape index (κ1) is 16.8. The van der Waals surface area contributed by atoms with Gasteiger partial charge >= 0.3 is 6.18 Å². The highest BCUT2D eigenvalue weighted by molar-refractivity contribution is 6.05. The fraction of sp³-hybridized carbons (Fsp3) is 0.389. The molecule has 3 aromatic rings. The van der Waals surface area contributed by atoms with Gasteiger partial charge in [0.25, 0.3) is 0 Å². The highest BCUT2D eigenvalue weighted by atomic mass is 19.4. The molecule has 0 bridgehead atoms. The van der Waals surface area contributed by atoms with Crippen molar-refractivity contribution >= 4 is 27.8 Å². The smallest absolute Gasteiger partial charge is 0.346 e. The number of alkyl halides is 3. The fourth-order valence-corrected chi connectivity index (χ4v) is 3.67. The number of hydrogen-bond acceptors (Lipinski definition) is 3. The maximum atomic E-state index is 12.4. The van der Waals surface area contributed by atoms with E-state index in [-0.39, 0.29) is 5.92 Å². The topological polar surface area (TPSA) is 61.9 Å². The second-order valence-corrected chi connectivity index (χ2v) is 6.60. The van der Waals surface area contributed by atoms with Crippen molar-refractivity contribution in [3.63, 3.8) is 0 Å². The van der Waals surface area contributed by atoms with Crippen LogP contribution in [0.3, 0.4) is 0 Å². The minimum absolute atomic E-state index is 0.0795. The number of amides is 1. The summed E-state index contributed by atoms with van der Waals surface area (Å²) in [5.74, 6) is -0.354. The lowest BCUT2D eigenvalue weighted by Crippen LogP contribution is -2.29. The Bertz CT molecular complexity index is 966. The van der Waals surface area contributed by atoms with Crippen LogP contribution < -0.4 is 0 Å². The normalized spacial score (nSPS) is 18.1. The minimum atomic E-state index is -4.30. The molecule has 1 aliphatic heterocycles. The fourth-order valence-electron chi connectivity index (χ4n) is 3.67. The third-order valence-electron chi connectivity index (χ3n) is 4.93. The van der Waals surface area contributed by atoms with Crippen molar-refractivity contribution < 1.29 is 18.0 Å². The molecule has 4 heterocycles. The number of carbonyl (C=O) groups excluding carboxylic acids is 1. The molecule has 1 unspecified atom stereocenters. The molecular weight excluding hydrogens is 345 g/mol. The molecule has 0 spiro atoms. The summed E-state index contributed by atoms with van der Waals surface area (Å²) in [6.07, 6.45) is 0.106. The zero-order valence-corrected chi connectivity index (χ0v) is 13.9. The SMILES string of the molecule is O=C(CCC(F)(F)F)N1CCC(c2ccnc3cnc4[nH]ccc4c23)C1. The Labute approximate surface area is 147 Å². The maximum absolute atomic E-state index is 12.4. The quantitative estimate of drug-likeness (QED) is 0.772. The van der Waals surface area contributed by atoms with E-state index in [0.717, 1.165) is 33.9 Å². The number of pyridine rings is 2. The van der Waals surface area contributed by atoms with Crippen molar-refractivity contribution in [2.75, 3.05) is 13.1 Å². The van der Waals surface area contributed by atoms with Crippen molar-refractivity contribution in [1.29, 1.82) is 0 Å². The number of aromatic nitrogens is 3. The van der Waals surface area contributed by atoms with E-state index in [1.165, 1.54) is 4.90 Å². The minimum Gasteiger partial charge on any atom is -0.346 e. The summed E-state index contributed by atoms with van der Waals surface area (Å²) in [4.78, 5) is 25.4. The Kier molecular flexibility index (Phi) is 4.05. The number of nitrogens with zero attached hydrogens (tertiary/aromatic N) is 3. The second-order valence-electron chi connectivity index (χ2n) is 6.60. The van der Waals surface area contributed by atoms with Gasteiger partial charge in [-0.2, -0.15) is 13.2 Å². The van der Waals surface area contributed by atoms with Crippen molar-refractivity contribution in [2.24, 2.45) is 0 Å². The Hall–Kier alpha value is -2.64. The van der Waals surface area contributed by atoms with Crippen molar-refractivity contribution in [2.45, 2.75) is 31.4 Å². The van der Waals surface area contributed by atoms with E-state index in [9.17, 15) is 18.0 Å². The van der Waals surface area contributed by atoms with Crippen molar-refractivity contribution in [3.05, 3.63) is 36.3 Å². The van der Waals surface area contributed by atoms with Gasteiger partial charge in [0.15, 0.2) is 0 Å². The second kappa shape index (κ2) is 6.26. The third kappa shape index (κ3) is 3.11. The maximum Gasteiger partial charge on any atom is 0.389 e. The van der Waals surface area contributed by atoms with Gasteiger partial charge in [0, 0.05) is 48.6 Å². The van der Waals surface area contributed by atoms with Gasteiger partial charge in [0.05, 0.1) is 18.1 Å². The molecule has 4 rings (SSSR count). The molecule has 1 aliphatic rings. The van der Waals surface area contributed by atoms with Gasteiger partial charge in [0.1, 0.15) is 5.65 Å². The lowest BCUT2D eigenvalue weighted by Gasteiger charge is -2.18. The molecule has 1 fully saturated rings. The van der Waals surface area contributed by atoms with Crippen molar-refractivity contribution in [3.8, 4) is 0 Å². The van der Waals surface area contributed by atoms with Crippen LogP contribution in [0.15, 0.2) is 30.7 Å². The van der Waals surface area contributed by atoms with Crippen LogP contribution in [0, 0.1) is 0 Å². The summed E-state index contributed by atoms with van der Waals surface area (Å²) < 4.78 is 37.1. The van der Waals surface area contributed by atoms with E-state index in [1.54, 1.807) is 12.4 Å². The molecule has 1 atom stereocenters. The molecule has 0 radical (unpaired) electrons. The van der Waals surface area contributed by atoms with Gasteiger partial charge in [-0.05, 0) is 24.1 Å². The molecule has 1 saturated heterocycles. The van der Waals surface area contributed by atoms with Gasteiger partial charge < -0.3 is 9.88 Å². The number of nitrogens with one attached hydrogen (secondary N) is 1. The zero-order valence-electron chi connectivity index (χ0n) is 13.9. The first-order chi connectivity index (χ1) is 12.4. The van der Waals surface area contributed by atoms with E-state index in [2.05, 4.69) is 15.0 Å². The number of likely N-dealkylation sites (tertiary alicyclic amines) is 1. The van der Waals surface area contributed by atoms with Crippen LogP contribution in [0.5, 0.6) is 0 Å². The molecule has 1 N–H and O–H groups in total. The molecule has 136 valence electrons. The molecule has 0 aromatic carbocycles. The predicted molar refractivity (Wildman–Crippen MR) is 90.6 cm³/mol. The summed E-state index contributed by atoms with van der Waals surface area (Å²) in [5, 5.41) is 1.96. The molecular formula is C18H17F3N4O. The molecule has 0 aliphatic carbocycles. The monoisotopic (exact) mass is 362 g/mol. The lowest BCUT2D eigenvalue weighted by atomic mass is 9.94. The highest BCUT2D eigenvalue weighted by Gasteiger charge is 2.32. The molecule has 26 heavy (non-hydrogen) atoms. The van der Waals surface area contributed by atoms with Crippen LogP contribution in [0.4, 0.5) is 13.2 Å². The largest absolute Gasteiger partial charge is 0.389 e. The average Bonchev–Trinajstić information content (AvgIpc) is 3.27.